The number of anilines is 1. The van der Waals surface area contributed by atoms with Crippen LogP contribution in [0.2, 0.25) is 0 Å². The molecule has 0 radical (unpaired) electrons. The summed E-state index contributed by atoms with van der Waals surface area (Å²) in [5.74, 6) is -0.540. The number of amides is 2. The van der Waals surface area contributed by atoms with Gasteiger partial charge in [-0.15, -0.1) is 0 Å². The summed E-state index contributed by atoms with van der Waals surface area (Å²) in [7, 11) is 0. The van der Waals surface area contributed by atoms with Crippen molar-refractivity contribution in [2.75, 3.05) is 44.3 Å². The number of nitrogens with zero attached hydrogens (tertiary/aromatic N) is 4. The van der Waals surface area contributed by atoms with E-state index in [4.69, 9.17) is 4.74 Å². The first-order valence-electron chi connectivity index (χ1n) is 12.5. The number of pyridine rings is 1. The molecule has 2 aliphatic rings. The van der Waals surface area contributed by atoms with Gasteiger partial charge in [-0.2, -0.15) is 0 Å². The molecule has 8 heteroatoms. The molecule has 4 rings (SSSR count). The van der Waals surface area contributed by atoms with E-state index in [1.54, 1.807) is 35.5 Å². The first-order valence-corrected chi connectivity index (χ1v) is 12.5. The van der Waals surface area contributed by atoms with Crippen LogP contribution in [-0.2, 0) is 16.1 Å². The molecule has 0 spiro atoms. The fourth-order valence-corrected chi connectivity index (χ4v) is 4.91. The Kier molecular flexibility index (Phi) is 8.46. The number of aromatic nitrogens is 1. The summed E-state index contributed by atoms with van der Waals surface area (Å²) in [6.45, 7) is 8.31. The summed E-state index contributed by atoms with van der Waals surface area (Å²) < 4.78 is 19.9. The van der Waals surface area contributed by atoms with Gasteiger partial charge in [-0.3, -0.25) is 19.5 Å². The van der Waals surface area contributed by atoms with Crippen LogP contribution in [0.25, 0.3) is 0 Å². The zero-order valence-corrected chi connectivity index (χ0v) is 20.7. The molecule has 0 bridgehead atoms. The lowest BCUT2D eigenvalue weighted by Gasteiger charge is -2.33. The molecule has 188 valence electrons. The highest BCUT2D eigenvalue weighted by Gasteiger charge is 2.29. The minimum absolute atomic E-state index is 0.0819. The summed E-state index contributed by atoms with van der Waals surface area (Å²) >= 11 is 0. The third-order valence-electron chi connectivity index (χ3n) is 6.96. The van der Waals surface area contributed by atoms with E-state index in [0.717, 1.165) is 19.5 Å². The highest BCUT2D eigenvalue weighted by molar-refractivity contribution is 6.06. The summed E-state index contributed by atoms with van der Waals surface area (Å²) in [4.78, 5) is 37.1. The average Bonchev–Trinajstić information content (AvgIpc) is 2.91. The van der Waals surface area contributed by atoms with E-state index in [0.29, 0.717) is 62.0 Å². The maximum atomic E-state index is 14.5. The number of rotatable bonds is 3. The van der Waals surface area contributed by atoms with Crippen molar-refractivity contribution in [1.82, 2.24) is 14.8 Å². The third-order valence-corrected chi connectivity index (χ3v) is 6.96. The summed E-state index contributed by atoms with van der Waals surface area (Å²) in [5.41, 5.74) is 1.82. The fraction of sp³-hybridized carbons (Fsp3) is 0.519. The number of ether oxygens (including phenoxy) is 1. The van der Waals surface area contributed by atoms with Crippen LogP contribution in [0.4, 0.5) is 10.1 Å². The molecule has 1 aromatic carbocycles. The van der Waals surface area contributed by atoms with Crippen molar-refractivity contribution in [3.8, 4) is 0 Å². The normalized spacial score (nSPS) is 18.7. The molecule has 0 unspecified atom stereocenters. The molecule has 0 aliphatic carbocycles. The smallest absolute Gasteiger partial charge is 0.258 e. The van der Waals surface area contributed by atoms with Crippen LogP contribution in [0.3, 0.4) is 0 Å². The molecule has 0 N–H and O–H groups in total. The number of fused-ring (bicyclic) bond motifs is 1. The highest BCUT2D eigenvalue weighted by Crippen LogP contribution is 2.28. The van der Waals surface area contributed by atoms with Gasteiger partial charge in [0.2, 0.25) is 5.91 Å². The molecule has 1 saturated heterocycles. The standard InChI is InChI=1S/C27H35FN4O3/c1-20(2)30-12-3-13-32(27(34)21-6-10-29-11-7-21)25-5-4-24(28)18-23(25)19-31(15-14-30)26(33)22-8-16-35-17-9-22/h4-7,10-11,18,20,22H,3,8-9,12-17,19H2,1-2H3. The Bertz CT molecular complexity index is 1010. The molecule has 2 aliphatic heterocycles. The molecule has 2 amide bonds. The van der Waals surface area contributed by atoms with Gasteiger partial charge in [-0.05, 0) is 69.0 Å². The van der Waals surface area contributed by atoms with E-state index in [9.17, 15) is 14.0 Å². The van der Waals surface area contributed by atoms with Gasteiger partial charge in [0.1, 0.15) is 5.82 Å². The molecular formula is C27H35FN4O3. The molecule has 1 aromatic heterocycles. The van der Waals surface area contributed by atoms with Crippen molar-refractivity contribution in [2.24, 2.45) is 5.92 Å². The number of carbonyl (C=O) groups excluding carboxylic acids is 2. The van der Waals surface area contributed by atoms with Crippen LogP contribution in [-0.4, -0.2) is 72.0 Å². The van der Waals surface area contributed by atoms with E-state index < -0.39 is 0 Å². The number of hydrogen-bond donors (Lipinski definition) is 0. The van der Waals surface area contributed by atoms with Gasteiger partial charge in [0.15, 0.2) is 0 Å². The number of benzene rings is 1. The summed E-state index contributed by atoms with van der Waals surface area (Å²) in [5, 5.41) is 0. The van der Waals surface area contributed by atoms with Crippen LogP contribution in [0.5, 0.6) is 0 Å². The first kappa shape index (κ1) is 25.3. The second kappa shape index (κ2) is 11.7. The van der Waals surface area contributed by atoms with Crippen molar-refractivity contribution in [3.63, 3.8) is 0 Å². The summed E-state index contributed by atoms with van der Waals surface area (Å²) in [6, 6.07) is 8.20. The molecule has 35 heavy (non-hydrogen) atoms. The van der Waals surface area contributed by atoms with Crippen LogP contribution in [0, 0.1) is 11.7 Å². The van der Waals surface area contributed by atoms with Crippen LogP contribution >= 0.6 is 0 Å². The SMILES string of the molecule is CC(C)N1CCCN(C(=O)c2ccncc2)c2ccc(F)cc2CN(C(=O)C2CCOCC2)CC1. The topological polar surface area (TPSA) is 66.0 Å². The molecule has 0 atom stereocenters. The zero-order chi connectivity index (χ0) is 24.8. The Morgan fingerprint density at radius 3 is 2.49 bits per heavy atom. The Labute approximate surface area is 206 Å². The maximum absolute atomic E-state index is 14.5. The van der Waals surface area contributed by atoms with E-state index in [-0.39, 0.29) is 30.1 Å². The second-order valence-corrected chi connectivity index (χ2v) is 9.60. The quantitative estimate of drug-likeness (QED) is 0.667. The van der Waals surface area contributed by atoms with Gasteiger partial charge >= 0.3 is 0 Å². The van der Waals surface area contributed by atoms with E-state index in [2.05, 4.69) is 23.7 Å². The monoisotopic (exact) mass is 482 g/mol. The van der Waals surface area contributed by atoms with Crippen LogP contribution < -0.4 is 4.90 Å². The first-order chi connectivity index (χ1) is 16.9. The van der Waals surface area contributed by atoms with E-state index in [1.165, 1.54) is 12.1 Å². The van der Waals surface area contributed by atoms with Crippen molar-refractivity contribution >= 4 is 17.5 Å². The number of halogens is 1. The average molecular weight is 483 g/mol. The van der Waals surface area contributed by atoms with Crippen LogP contribution in [0.15, 0.2) is 42.7 Å². The minimum Gasteiger partial charge on any atom is -0.381 e. The molecular weight excluding hydrogens is 447 g/mol. The molecule has 3 heterocycles. The predicted molar refractivity (Wildman–Crippen MR) is 133 cm³/mol. The van der Waals surface area contributed by atoms with Gasteiger partial charge < -0.3 is 14.5 Å². The van der Waals surface area contributed by atoms with Gasteiger partial charge in [-0.1, -0.05) is 0 Å². The maximum Gasteiger partial charge on any atom is 0.258 e. The van der Waals surface area contributed by atoms with Crippen molar-refractivity contribution in [2.45, 2.75) is 45.7 Å². The second-order valence-electron chi connectivity index (χ2n) is 9.60. The van der Waals surface area contributed by atoms with Crippen molar-refractivity contribution < 1.29 is 18.7 Å². The zero-order valence-electron chi connectivity index (χ0n) is 20.7. The largest absolute Gasteiger partial charge is 0.381 e. The number of carbonyl (C=O) groups is 2. The highest BCUT2D eigenvalue weighted by atomic mass is 19.1. The number of hydrogen-bond acceptors (Lipinski definition) is 5. The lowest BCUT2D eigenvalue weighted by Crippen LogP contribution is -2.44. The van der Waals surface area contributed by atoms with E-state index in [1.807, 2.05) is 4.90 Å². The van der Waals surface area contributed by atoms with Crippen LogP contribution in [0.1, 0.15) is 49.0 Å². The predicted octanol–water partition coefficient (Wildman–Crippen LogP) is 3.74. The molecule has 1 fully saturated rings. The van der Waals surface area contributed by atoms with Gasteiger partial charge in [0.05, 0.1) is 0 Å². The van der Waals surface area contributed by atoms with Crippen molar-refractivity contribution in [1.29, 1.82) is 0 Å². The van der Waals surface area contributed by atoms with Crippen molar-refractivity contribution in [3.05, 3.63) is 59.7 Å². The van der Waals surface area contributed by atoms with E-state index >= 15 is 0 Å². The Hall–Kier alpha value is -2.84. The van der Waals surface area contributed by atoms with Gasteiger partial charge in [0, 0.05) is 81.5 Å². The van der Waals surface area contributed by atoms with Gasteiger partial charge in [0.25, 0.3) is 5.91 Å². The summed E-state index contributed by atoms with van der Waals surface area (Å²) in [6.07, 6.45) is 5.36. The minimum atomic E-state index is -0.378. The third kappa shape index (κ3) is 6.24. The molecule has 2 aromatic rings. The Morgan fingerprint density at radius 2 is 1.77 bits per heavy atom. The molecule has 0 saturated carbocycles. The lowest BCUT2D eigenvalue weighted by molar-refractivity contribution is -0.139. The lowest BCUT2D eigenvalue weighted by atomic mass is 9.98. The Balaban J connectivity index is 1.71. The Morgan fingerprint density at radius 1 is 1.03 bits per heavy atom. The fourth-order valence-electron chi connectivity index (χ4n) is 4.91. The van der Waals surface area contributed by atoms with Gasteiger partial charge in [-0.25, -0.2) is 4.39 Å². The molecule has 7 nitrogen and oxygen atoms in total.